The van der Waals surface area contributed by atoms with Gasteiger partial charge < -0.3 is 4.74 Å². The topological polar surface area (TPSA) is 84.1 Å². The van der Waals surface area contributed by atoms with Gasteiger partial charge in [0.2, 0.25) is 0 Å². The smallest absolute Gasteiger partial charge is 0.258 e. The predicted octanol–water partition coefficient (Wildman–Crippen LogP) is 0.476. The van der Waals surface area contributed by atoms with Crippen molar-refractivity contribution in [2.24, 2.45) is 0 Å². The van der Waals surface area contributed by atoms with E-state index in [0.29, 0.717) is 26.1 Å². The summed E-state index contributed by atoms with van der Waals surface area (Å²) in [5.74, 6) is 0.226. The second-order valence-electron chi connectivity index (χ2n) is 4.05. The zero-order chi connectivity index (χ0) is 12.4. The molecule has 1 saturated heterocycles. The molecule has 0 spiro atoms. The van der Waals surface area contributed by atoms with Gasteiger partial charge in [0.05, 0.1) is 11.7 Å². The molecule has 1 aliphatic heterocycles. The van der Waals surface area contributed by atoms with Gasteiger partial charge in [-0.25, -0.2) is 13.1 Å². The number of halogens is 1. The summed E-state index contributed by atoms with van der Waals surface area (Å²) in [6, 6.07) is 1.41. The van der Waals surface area contributed by atoms with Gasteiger partial charge in [-0.05, 0) is 18.9 Å². The highest BCUT2D eigenvalue weighted by Crippen LogP contribution is 2.24. The molecule has 1 aromatic heterocycles. The minimum atomic E-state index is -3.60. The number of rotatable bonds is 4. The van der Waals surface area contributed by atoms with E-state index in [1.807, 2.05) is 0 Å². The first kappa shape index (κ1) is 12.8. The number of nitrogens with one attached hydrogen (secondary N) is 2. The van der Waals surface area contributed by atoms with Crippen LogP contribution in [0.1, 0.15) is 12.8 Å². The fraction of sp³-hybridized carbons (Fsp3) is 0.667. The van der Waals surface area contributed by atoms with Crippen molar-refractivity contribution in [2.75, 3.05) is 19.1 Å². The lowest BCUT2D eigenvalue weighted by molar-refractivity contribution is 0.0549. The Kier molecular flexibility index (Phi) is 3.72. The average molecular weight is 280 g/mol. The summed E-state index contributed by atoms with van der Waals surface area (Å²) in [5, 5.41) is 6.11. The Hall–Kier alpha value is -0.630. The number of aromatic nitrogens is 2. The fourth-order valence-corrected chi connectivity index (χ4v) is 3.54. The first-order chi connectivity index (χ1) is 8.08. The van der Waals surface area contributed by atoms with Gasteiger partial charge in [0.15, 0.2) is 5.03 Å². The minimum Gasteiger partial charge on any atom is -0.381 e. The first-order valence-corrected chi connectivity index (χ1v) is 7.27. The van der Waals surface area contributed by atoms with Crippen LogP contribution in [0.2, 0.25) is 0 Å². The second kappa shape index (κ2) is 4.93. The van der Waals surface area contributed by atoms with Crippen molar-refractivity contribution in [2.45, 2.75) is 23.4 Å². The lowest BCUT2D eigenvalue weighted by atomic mass is 9.94. The van der Waals surface area contributed by atoms with E-state index < -0.39 is 15.6 Å². The van der Waals surface area contributed by atoms with Crippen molar-refractivity contribution >= 4 is 21.6 Å². The number of nitrogens with zero attached hydrogens (tertiary/aromatic N) is 1. The van der Waals surface area contributed by atoms with Crippen molar-refractivity contribution in [3.05, 3.63) is 12.3 Å². The number of hydrogen-bond acceptors (Lipinski definition) is 4. The number of ether oxygens (including phenoxy) is 1. The monoisotopic (exact) mass is 279 g/mol. The van der Waals surface area contributed by atoms with Crippen molar-refractivity contribution in [1.29, 1.82) is 0 Å². The van der Waals surface area contributed by atoms with Crippen LogP contribution in [0, 0.1) is 0 Å². The Morgan fingerprint density at radius 1 is 1.53 bits per heavy atom. The van der Waals surface area contributed by atoms with Crippen LogP contribution in [-0.4, -0.2) is 43.2 Å². The maximum atomic E-state index is 12.0. The Bertz CT molecular complexity index is 454. The SMILES string of the molecule is O=S(=O)(NC1(CCl)CCOCC1)c1ccn[nH]1. The summed E-state index contributed by atoms with van der Waals surface area (Å²) >= 11 is 5.90. The van der Waals surface area contributed by atoms with Crippen LogP contribution < -0.4 is 4.72 Å². The van der Waals surface area contributed by atoms with Crippen LogP contribution in [0.5, 0.6) is 0 Å². The van der Waals surface area contributed by atoms with Crippen molar-refractivity contribution in [3.63, 3.8) is 0 Å². The summed E-state index contributed by atoms with van der Waals surface area (Å²) in [4.78, 5) is 0. The molecular formula is C9H14ClN3O3S. The number of sulfonamides is 1. The molecule has 1 aliphatic rings. The lowest BCUT2D eigenvalue weighted by Crippen LogP contribution is -2.53. The number of H-pyrrole nitrogens is 1. The highest BCUT2D eigenvalue weighted by Gasteiger charge is 2.36. The van der Waals surface area contributed by atoms with Gasteiger partial charge in [-0.2, -0.15) is 5.10 Å². The van der Waals surface area contributed by atoms with Crippen molar-refractivity contribution in [3.8, 4) is 0 Å². The molecule has 0 aromatic carbocycles. The number of hydrogen-bond donors (Lipinski definition) is 2. The Labute approximate surface area is 105 Å². The van der Waals surface area contributed by atoms with Gasteiger partial charge in [0.1, 0.15) is 0 Å². The summed E-state index contributed by atoms with van der Waals surface area (Å²) < 4.78 is 32.0. The quantitative estimate of drug-likeness (QED) is 0.785. The summed E-state index contributed by atoms with van der Waals surface area (Å²) in [6.07, 6.45) is 2.54. The van der Waals surface area contributed by atoms with E-state index in [2.05, 4.69) is 14.9 Å². The summed E-state index contributed by atoms with van der Waals surface area (Å²) in [5.41, 5.74) is -0.621. The lowest BCUT2D eigenvalue weighted by Gasteiger charge is -2.35. The molecule has 1 aromatic rings. The third kappa shape index (κ3) is 2.79. The molecule has 17 heavy (non-hydrogen) atoms. The summed E-state index contributed by atoms with van der Waals surface area (Å²) in [7, 11) is -3.60. The number of alkyl halides is 1. The summed E-state index contributed by atoms with van der Waals surface area (Å²) in [6.45, 7) is 1.02. The zero-order valence-corrected chi connectivity index (χ0v) is 10.7. The van der Waals surface area contributed by atoms with Gasteiger partial charge in [-0.15, -0.1) is 11.6 Å². The molecule has 0 atom stereocenters. The molecule has 1 fully saturated rings. The fourth-order valence-electron chi connectivity index (χ4n) is 1.76. The third-order valence-corrected chi connectivity index (χ3v) is 4.84. The molecule has 0 radical (unpaired) electrons. The van der Waals surface area contributed by atoms with Crippen LogP contribution >= 0.6 is 11.6 Å². The highest BCUT2D eigenvalue weighted by molar-refractivity contribution is 7.89. The first-order valence-electron chi connectivity index (χ1n) is 5.25. The molecule has 8 heteroatoms. The van der Waals surface area contributed by atoms with E-state index in [0.717, 1.165) is 0 Å². The van der Waals surface area contributed by atoms with Crippen LogP contribution in [-0.2, 0) is 14.8 Å². The molecule has 96 valence electrons. The zero-order valence-electron chi connectivity index (χ0n) is 9.15. The maximum Gasteiger partial charge on any atom is 0.258 e. The van der Waals surface area contributed by atoms with Gasteiger partial charge in [0, 0.05) is 19.1 Å². The van der Waals surface area contributed by atoms with Gasteiger partial charge in [-0.3, -0.25) is 5.10 Å². The molecule has 0 bridgehead atoms. The van der Waals surface area contributed by atoms with Gasteiger partial charge in [0.25, 0.3) is 10.0 Å². The Morgan fingerprint density at radius 2 is 2.24 bits per heavy atom. The van der Waals surface area contributed by atoms with E-state index in [-0.39, 0.29) is 10.9 Å². The van der Waals surface area contributed by atoms with E-state index in [9.17, 15) is 8.42 Å². The standard InChI is InChI=1S/C9H14ClN3O3S/c10-7-9(2-5-16-6-3-9)13-17(14,15)8-1-4-11-12-8/h1,4,13H,2-3,5-7H2,(H,11,12). The second-order valence-corrected chi connectivity index (χ2v) is 5.97. The molecule has 6 nitrogen and oxygen atoms in total. The molecule has 0 aliphatic carbocycles. The van der Waals surface area contributed by atoms with Gasteiger partial charge in [-0.1, -0.05) is 0 Å². The van der Waals surface area contributed by atoms with E-state index >= 15 is 0 Å². The molecule has 2 N–H and O–H groups in total. The largest absolute Gasteiger partial charge is 0.381 e. The van der Waals surface area contributed by atoms with Crippen LogP contribution in [0.3, 0.4) is 0 Å². The third-order valence-electron chi connectivity index (χ3n) is 2.82. The van der Waals surface area contributed by atoms with E-state index in [1.54, 1.807) is 0 Å². The van der Waals surface area contributed by atoms with Crippen LogP contribution in [0.15, 0.2) is 17.3 Å². The Morgan fingerprint density at radius 3 is 2.76 bits per heavy atom. The number of aromatic amines is 1. The van der Waals surface area contributed by atoms with Gasteiger partial charge >= 0.3 is 0 Å². The van der Waals surface area contributed by atoms with Crippen molar-refractivity contribution in [1.82, 2.24) is 14.9 Å². The maximum absolute atomic E-state index is 12.0. The molecule has 2 rings (SSSR count). The van der Waals surface area contributed by atoms with E-state index in [4.69, 9.17) is 16.3 Å². The molecule has 0 saturated carbocycles. The minimum absolute atomic E-state index is 0.0495. The molecule has 0 unspecified atom stereocenters. The predicted molar refractivity (Wildman–Crippen MR) is 62.4 cm³/mol. The average Bonchev–Trinajstić information content (AvgIpc) is 2.84. The normalized spacial score (nSPS) is 20.3. The highest BCUT2D eigenvalue weighted by atomic mass is 35.5. The van der Waals surface area contributed by atoms with Crippen LogP contribution in [0.4, 0.5) is 0 Å². The molecule has 0 amide bonds. The van der Waals surface area contributed by atoms with E-state index in [1.165, 1.54) is 12.3 Å². The Balaban J connectivity index is 2.19. The van der Waals surface area contributed by atoms with Crippen LogP contribution in [0.25, 0.3) is 0 Å². The van der Waals surface area contributed by atoms with Crippen molar-refractivity contribution < 1.29 is 13.2 Å². The molecular weight excluding hydrogens is 266 g/mol. The molecule has 2 heterocycles.